The van der Waals surface area contributed by atoms with Gasteiger partial charge in [-0.25, -0.2) is 0 Å². The van der Waals surface area contributed by atoms with Gasteiger partial charge in [0.2, 0.25) is 5.91 Å². The second kappa shape index (κ2) is 9.53. The van der Waals surface area contributed by atoms with Crippen LogP contribution in [-0.4, -0.2) is 40.7 Å². The molecular formula is C23H22N2O5S. The van der Waals surface area contributed by atoms with Crippen molar-refractivity contribution in [3.05, 3.63) is 70.6 Å². The van der Waals surface area contributed by atoms with Crippen molar-refractivity contribution >= 4 is 40.6 Å². The molecule has 1 fully saturated rings. The molecule has 31 heavy (non-hydrogen) atoms. The Morgan fingerprint density at radius 1 is 1.26 bits per heavy atom. The second-order valence-electron chi connectivity index (χ2n) is 6.91. The number of aromatic hydroxyl groups is 1. The normalized spacial score (nSPS) is 14.8. The molecule has 8 heteroatoms. The lowest BCUT2D eigenvalue weighted by Gasteiger charge is -2.12. The molecule has 1 aliphatic rings. The van der Waals surface area contributed by atoms with Crippen LogP contribution in [-0.2, 0) is 16.0 Å². The third-order valence-corrected chi connectivity index (χ3v) is 5.48. The number of methoxy groups -OCH3 is 1. The number of imide groups is 1. The molecule has 1 saturated heterocycles. The first kappa shape index (κ1) is 22.2. The summed E-state index contributed by atoms with van der Waals surface area (Å²) in [7, 11) is 1.43. The molecule has 160 valence electrons. The minimum Gasteiger partial charge on any atom is -0.504 e. The van der Waals surface area contributed by atoms with E-state index in [2.05, 4.69) is 11.9 Å². The molecule has 3 rings (SSSR count). The van der Waals surface area contributed by atoms with Crippen LogP contribution in [0.4, 0.5) is 10.5 Å². The largest absolute Gasteiger partial charge is 0.504 e. The number of nitrogens with zero attached hydrogens (tertiary/aromatic N) is 1. The van der Waals surface area contributed by atoms with E-state index in [0.717, 1.165) is 22.2 Å². The Morgan fingerprint density at radius 2 is 1.97 bits per heavy atom. The van der Waals surface area contributed by atoms with Gasteiger partial charge in [0.1, 0.15) is 6.54 Å². The van der Waals surface area contributed by atoms with Gasteiger partial charge >= 0.3 is 0 Å². The number of rotatable bonds is 7. The fourth-order valence-electron chi connectivity index (χ4n) is 3.01. The zero-order valence-electron chi connectivity index (χ0n) is 17.2. The number of nitrogens with one attached hydrogen (secondary N) is 1. The van der Waals surface area contributed by atoms with Crippen molar-refractivity contribution < 1.29 is 24.2 Å². The highest BCUT2D eigenvalue weighted by molar-refractivity contribution is 8.18. The summed E-state index contributed by atoms with van der Waals surface area (Å²) in [6.45, 7) is 5.22. The number of thioether (sulfide) groups is 1. The molecule has 1 aliphatic heterocycles. The molecule has 0 atom stereocenters. The van der Waals surface area contributed by atoms with Crippen molar-refractivity contribution in [1.82, 2.24) is 4.90 Å². The lowest BCUT2D eigenvalue weighted by Crippen LogP contribution is -2.36. The van der Waals surface area contributed by atoms with Crippen LogP contribution in [0.25, 0.3) is 6.08 Å². The van der Waals surface area contributed by atoms with Gasteiger partial charge in [0, 0.05) is 11.3 Å². The molecule has 1 heterocycles. The number of phenolic OH excluding ortho intramolecular Hbond substituents is 1. The van der Waals surface area contributed by atoms with Gasteiger partial charge in [-0.05, 0) is 61.0 Å². The maximum atomic E-state index is 12.7. The van der Waals surface area contributed by atoms with Crippen LogP contribution in [0.2, 0.25) is 0 Å². The molecule has 3 amide bonds. The van der Waals surface area contributed by atoms with Crippen molar-refractivity contribution in [2.45, 2.75) is 13.3 Å². The van der Waals surface area contributed by atoms with Gasteiger partial charge in [-0.2, -0.15) is 0 Å². The van der Waals surface area contributed by atoms with E-state index in [1.165, 1.54) is 13.2 Å². The zero-order chi connectivity index (χ0) is 22.5. The van der Waals surface area contributed by atoms with E-state index in [0.29, 0.717) is 23.2 Å². The van der Waals surface area contributed by atoms with Crippen molar-refractivity contribution in [2.24, 2.45) is 0 Å². The number of phenols is 1. The van der Waals surface area contributed by atoms with Gasteiger partial charge in [0.15, 0.2) is 11.5 Å². The van der Waals surface area contributed by atoms with Gasteiger partial charge in [-0.3, -0.25) is 19.3 Å². The van der Waals surface area contributed by atoms with Gasteiger partial charge < -0.3 is 15.2 Å². The average Bonchev–Trinajstić information content (AvgIpc) is 2.99. The van der Waals surface area contributed by atoms with E-state index in [1.54, 1.807) is 30.3 Å². The number of aryl methyl sites for hydroxylation is 1. The fourth-order valence-corrected chi connectivity index (χ4v) is 3.85. The van der Waals surface area contributed by atoms with Gasteiger partial charge in [0.25, 0.3) is 11.1 Å². The Bertz CT molecular complexity index is 1080. The summed E-state index contributed by atoms with van der Waals surface area (Å²) >= 11 is 0.759. The molecule has 0 saturated carbocycles. The summed E-state index contributed by atoms with van der Waals surface area (Å²) in [6.07, 6.45) is 3.58. The predicted molar refractivity (Wildman–Crippen MR) is 121 cm³/mol. The Labute approximate surface area is 184 Å². The fraction of sp³-hybridized carbons (Fsp3) is 0.174. The van der Waals surface area contributed by atoms with Crippen molar-refractivity contribution in [2.75, 3.05) is 19.0 Å². The van der Waals surface area contributed by atoms with Gasteiger partial charge in [0.05, 0.1) is 12.0 Å². The highest BCUT2D eigenvalue weighted by atomic mass is 32.2. The van der Waals surface area contributed by atoms with Crippen LogP contribution in [0.15, 0.2) is 54.0 Å². The third kappa shape index (κ3) is 5.16. The van der Waals surface area contributed by atoms with E-state index in [4.69, 9.17) is 4.74 Å². The summed E-state index contributed by atoms with van der Waals surface area (Å²) in [4.78, 5) is 38.5. The van der Waals surface area contributed by atoms with E-state index < -0.39 is 17.1 Å². The first-order chi connectivity index (χ1) is 14.8. The molecule has 0 unspecified atom stereocenters. The van der Waals surface area contributed by atoms with Gasteiger partial charge in [-0.15, -0.1) is 6.58 Å². The minimum atomic E-state index is -0.550. The number of carbonyl (C=O) groups excluding carboxylic acids is 3. The number of allylic oxidation sites excluding steroid dienone is 1. The molecule has 2 aromatic rings. The van der Waals surface area contributed by atoms with Crippen LogP contribution in [0, 0.1) is 6.92 Å². The Balaban J connectivity index is 1.77. The number of hydrogen-bond acceptors (Lipinski definition) is 6. The topological polar surface area (TPSA) is 95.9 Å². The molecule has 0 bridgehead atoms. The van der Waals surface area contributed by atoms with Crippen molar-refractivity contribution in [1.29, 1.82) is 0 Å². The van der Waals surface area contributed by atoms with Crippen LogP contribution in [0.3, 0.4) is 0 Å². The summed E-state index contributed by atoms with van der Waals surface area (Å²) in [5, 5.41) is 12.4. The standard InChI is InChI=1S/C23H22N2O5S/c1-4-5-16-10-15(11-18(30-3)21(16)27)12-19-22(28)25(23(29)31-19)13-20(26)24-17-8-6-14(2)7-9-17/h4,6-12,27H,1,5,13H2,2-3H3,(H,24,26)/b19-12-. The Kier molecular flexibility index (Phi) is 6.81. The van der Waals surface area contributed by atoms with Crippen LogP contribution < -0.4 is 10.1 Å². The monoisotopic (exact) mass is 438 g/mol. The number of anilines is 1. The van der Waals surface area contributed by atoms with Crippen LogP contribution in [0.1, 0.15) is 16.7 Å². The molecule has 0 spiro atoms. The maximum absolute atomic E-state index is 12.7. The van der Waals surface area contributed by atoms with E-state index in [-0.39, 0.29) is 22.9 Å². The lowest BCUT2D eigenvalue weighted by atomic mass is 10.1. The molecule has 2 N–H and O–H groups in total. The number of ether oxygens (including phenoxy) is 1. The van der Waals surface area contributed by atoms with Crippen LogP contribution >= 0.6 is 11.8 Å². The van der Waals surface area contributed by atoms with Gasteiger partial charge in [-0.1, -0.05) is 23.8 Å². The highest BCUT2D eigenvalue weighted by Crippen LogP contribution is 2.36. The van der Waals surface area contributed by atoms with E-state index >= 15 is 0 Å². The predicted octanol–water partition coefficient (Wildman–Crippen LogP) is 4.11. The maximum Gasteiger partial charge on any atom is 0.294 e. The Hall–Kier alpha value is -3.52. The summed E-state index contributed by atoms with van der Waals surface area (Å²) in [6, 6.07) is 10.5. The van der Waals surface area contributed by atoms with Crippen molar-refractivity contribution in [3.8, 4) is 11.5 Å². The molecular weight excluding hydrogens is 416 g/mol. The van der Waals surface area contributed by atoms with Crippen molar-refractivity contribution in [3.63, 3.8) is 0 Å². The quantitative estimate of drug-likeness (QED) is 0.499. The Morgan fingerprint density at radius 3 is 2.61 bits per heavy atom. The number of benzene rings is 2. The second-order valence-corrected chi connectivity index (χ2v) is 7.90. The zero-order valence-corrected chi connectivity index (χ0v) is 18.0. The van der Waals surface area contributed by atoms with E-state index in [1.807, 2.05) is 19.1 Å². The summed E-state index contributed by atoms with van der Waals surface area (Å²) < 4.78 is 5.19. The average molecular weight is 439 g/mol. The third-order valence-electron chi connectivity index (χ3n) is 4.57. The highest BCUT2D eigenvalue weighted by Gasteiger charge is 2.36. The number of hydrogen-bond donors (Lipinski definition) is 2. The lowest BCUT2D eigenvalue weighted by molar-refractivity contribution is -0.127. The smallest absolute Gasteiger partial charge is 0.294 e. The molecule has 7 nitrogen and oxygen atoms in total. The first-order valence-corrected chi connectivity index (χ1v) is 10.3. The summed E-state index contributed by atoms with van der Waals surface area (Å²) in [5.41, 5.74) is 2.80. The molecule has 0 aliphatic carbocycles. The van der Waals surface area contributed by atoms with Crippen LogP contribution in [0.5, 0.6) is 11.5 Å². The number of carbonyl (C=O) groups is 3. The molecule has 2 aromatic carbocycles. The molecule has 0 aromatic heterocycles. The molecule has 0 radical (unpaired) electrons. The number of amides is 3. The van der Waals surface area contributed by atoms with E-state index in [9.17, 15) is 19.5 Å². The summed E-state index contributed by atoms with van der Waals surface area (Å²) in [5.74, 6) is -0.763. The SMILES string of the molecule is C=CCc1cc(/C=C2\SC(=O)N(CC(=O)Nc3ccc(C)cc3)C2=O)cc(OC)c1O. The minimum absolute atomic E-state index is 0.000399. The first-order valence-electron chi connectivity index (χ1n) is 9.45.